The van der Waals surface area contributed by atoms with E-state index >= 15 is 0 Å². The van der Waals surface area contributed by atoms with Crippen molar-refractivity contribution in [2.75, 3.05) is 6.61 Å². The first-order valence-corrected chi connectivity index (χ1v) is 4.89. The van der Waals surface area contributed by atoms with E-state index in [1.807, 2.05) is 0 Å². The average molecular weight is 196 g/mol. The Morgan fingerprint density at radius 3 is 2.08 bits per heavy atom. The summed E-state index contributed by atoms with van der Waals surface area (Å²) in [5.41, 5.74) is -0.630. The van der Waals surface area contributed by atoms with Gasteiger partial charge in [-0.3, -0.25) is 9.32 Å². The van der Waals surface area contributed by atoms with Crippen LogP contribution in [0.2, 0.25) is 0 Å². The summed E-state index contributed by atoms with van der Waals surface area (Å²) in [5, 5.41) is 0. The first-order chi connectivity index (χ1) is 5.13. The van der Waals surface area contributed by atoms with Crippen molar-refractivity contribution in [3.05, 3.63) is 0 Å². The molecule has 0 aliphatic heterocycles. The number of phosphoric ester groups is 1. The fourth-order valence-corrected chi connectivity index (χ4v) is 0.645. The largest absolute Gasteiger partial charge is 0.470 e. The quantitative estimate of drug-likeness (QED) is 0.649. The van der Waals surface area contributed by atoms with E-state index < -0.39 is 19.8 Å². The average Bonchev–Trinajstić information content (AvgIpc) is 1.78. The molecule has 0 amide bonds. The lowest BCUT2D eigenvalue weighted by Crippen LogP contribution is -2.24. The highest BCUT2D eigenvalue weighted by molar-refractivity contribution is 7.46. The third-order valence-electron chi connectivity index (χ3n) is 1.20. The Hall–Kier alpha value is -0.220. The minimum absolute atomic E-state index is 0.342. The van der Waals surface area contributed by atoms with Gasteiger partial charge in [0.25, 0.3) is 0 Å². The van der Waals surface area contributed by atoms with Gasteiger partial charge in [-0.2, -0.15) is 0 Å². The van der Waals surface area contributed by atoms with Gasteiger partial charge in [0.1, 0.15) is 6.61 Å². The molecule has 6 heteroatoms. The van der Waals surface area contributed by atoms with Gasteiger partial charge in [0.15, 0.2) is 5.78 Å². The molecule has 5 nitrogen and oxygen atoms in total. The van der Waals surface area contributed by atoms with Gasteiger partial charge in [0.2, 0.25) is 0 Å². The highest BCUT2D eigenvalue weighted by atomic mass is 31.2. The van der Waals surface area contributed by atoms with Crippen molar-refractivity contribution in [2.24, 2.45) is 5.41 Å². The van der Waals surface area contributed by atoms with Crippen molar-refractivity contribution < 1.29 is 23.7 Å². The van der Waals surface area contributed by atoms with E-state index in [2.05, 4.69) is 4.52 Å². The van der Waals surface area contributed by atoms with Crippen LogP contribution in [0, 0.1) is 5.41 Å². The molecule has 12 heavy (non-hydrogen) atoms. The van der Waals surface area contributed by atoms with E-state index in [9.17, 15) is 9.36 Å². The van der Waals surface area contributed by atoms with Gasteiger partial charge in [-0.05, 0) is 0 Å². The van der Waals surface area contributed by atoms with Crippen LogP contribution in [0.1, 0.15) is 20.8 Å². The lowest BCUT2D eigenvalue weighted by Gasteiger charge is -2.16. The second kappa shape index (κ2) is 3.66. The van der Waals surface area contributed by atoms with Crippen LogP contribution in [-0.2, 0) is 13.9 Å². The van der Waals surface area contributed by atoms with Gasteiger partial charge in [-0.15, -0.1) is 0 Å². The van der Waals surface area contributed by atoms with Crippen molar-refractivity contribution in [1.29, 1.82) is 0 Å². The summed E-state index contributed by atoms with van der Waals surface area (Å²) in [7, 11) is -4.51. The molecule has 0 saturated heterocycles. The summed E-state index contributed by atoms with van der Waals surface area (Å²) in [6.45, 7) is 4.41. The van der Waals surface area contributed by atoms with Gasteiger partial charge in [0.05, 0.1) is 0 Å². The lowest BCUT2D eigenvalue weighted by molar-refractivity contribution is -0.128. The highest BCUT2D eigenvalue weighted by Gasteiger charge is 2.24. The Morgan fingerprint density at radius 1 is 1.42 bits per heavy atom. The molecule has 0 radical (unpaired) electrons. The number of hydrogen-bond donors (Lipinski definition) is 2. The highest BCUT2D eigenvalue weighted by Crippen LogP contribution is 2.36. The molecule has 0 aromatic rings. The first-order valence-electron chi connectivity index (χ1n) is 3.36. The molecular formula is C6H13O5P. The molecule has 0 aromatic heterocycles. The molecular weight excluding hydrogens is 183 g/mol. The van der Waals surface area contributed by atoms with Gasteiger partial charge in [-0.25, -0.2) is 4.57 Å². The molecule has 0 aromatic carbocycles. The number of carbonyl (C=O) groups is 1. The van der Waals surface area contributed by atoms with Crippen molar-refractivity contribution in [3.8, 4) is 0 Å². The summed E-state index contributed by atoms with van der Waals surface area (Å²) in [4.78, 5) is 27.6. The van der Waals surface area contributed by atoms with E-state index in [0.29, 0.717) is 0 Å². The molecule has 2 N–H and O–H groups in total. The van der Waals surface area contributed by atoms with E-state index in [1.165, 1.54) is 0 Å². The number of Topliss-reactive ketones (excluding diaryl/α,β-unsaturated/α-hetero) is 1. The van der Waals surface area contributed by atoms with E-state index in [4.69, 9.17) is 9.79 Å². The van der Waals surface area contributed by atoms with Crippen molar-refractivity contribution in [2.45, 2.75) is 20.8 Å². The Bertz CT molecular complexity index is 210. The smallest absolute Gasteiger partial charge is 0.303 e. The zero-order chi connectivity index (χ0) is 9.99. The summed E-state index contributed by atoms with van der Waals surface area (Å²) in [5.74, 6) is -0.342. The maximum atomic E-state index is 11.0. The van der Waals surface area contributed by atoms with E-state index in [0.717, 1.165) is 0 Å². The summed E-state index contributed by atoms with van der Waals surface area (Å²) < 4.78 is 14.2. The van der Waals surface area contributed by atoms with E-state index in [1.54, 1.807) is 20.8 Å². The molecule has 0 fully saturated rings. The normalized spacial score (nSPS) is 13.1. The fourth-order valence-electron chi connectivity index (χ4n) is 0.359. The van der Waals surface area contributed by atoms with Gasteiger partial charge in [-0.1, -0.05) is 20.8 Å². The number of hydrogen-bond acceptors (Lipinski definition) is 3. The summed E-state index contributed by atoms with van der Waals surface area (Å²) in [6, 6.07) is 0. The van der Waals surface area contributed by atoms with Crippen molar-refractivity contribution in [1.82, 2.24) is 0 Å². The van der Waals surface area contributed by atoms with Crippen LogP contribution in [0.25, 0.3) is 0 Å². The maximum Gasteiger partial charge on any atom is 0.470 e. The van der Waals surface area contributed by atoms with Crippen LogP contribution in [0.5, 0.6) is 0 Å². The molecule has 0 saturated carbocycles. The molecule has 0 spiro atoms. The van der Waals surface area contributed by atoms with Gasteiger partial charge in [0, 0.05) is 5.41 Å². The zero-order valence-electron chi connectivity index (χ0n) is 7.27. The van der Waals surface area contributed by atoms with Crippen LogP contribution >= 0.6 is 7.82 Å². The minimum Gasteiger partial charge on any atom is -0.303 e. The molecule has 0 bridgehead atoms. The Morgan fingerprint density at radius 2 is 1.83 bits per heavy atom. The Labute approximate surface area is 71.0 Å². The van der Waals surface area contributed by atoms with E-state index in [-0.39, 0.29) is 5.78 Å². The molecule has 0 heterocycles. The summed E-state index contributed by atoms with van der Waals surface area (Å²) >= 11 is 0. The molecule has 0 aliphatic carbocycles. The molecule has 0 unspecified atom stereocenters. The van der Waals surface area contributed by atoms with Gasteiger partial charge >= 0.3 is 7.82 Å². The molecule has 0 aliphatic rings. The fraction of sp³-hybridized carbons (Fsp3) is 0.833. The molecule has 0 atom stereocenters. The Balaban J connectivity index is 3.98. The predicted octanol–water partition coefficient (Wildman–Crippen LogP) is 0.711. The van der Waals surface area contributed by atoms with Gasteiger partial charge < -0.3 is 9.79 Å². The SMILES string of the molecule is CC(C)(C)C(=O)COP(=O)(O)O. The summed E-state index contributed by atoms with van der Waals surface area (Å²) in [6.07, 6.45) is 0. The monoisotopic (exact) mass is 196 g/mol. The number of rotatable bonds is 3. The van der Waals surface area contributed by atoms with Crippen molar-refractivity contribution in [3.63, 3.8) is 0 Å². The maximum absolute atomic E-state index is 11.0. The van der Waals surface area contributed by atoms with Crippen LogP contribution in [-0.4, -0.2) is 22.2 Å². The Kier molecular flexibility index (Phi) is 3.59. The number of ketones is 1. The third kappa shape index (κ3) is 5.43. The number of carbonyl (C=O) groups excluding carboxylic acids is 1. The van der Waals surface area contributed by atoms with Crippen LogP contribution in [0.15, 0.2) is 0 Å². The predicted molar refractivity (Wildman–Crippen MR) is 42.5 cm³/mol. The lowest BCUT2D eigenvalue weighted by atomic mass is 9.91. The third-order valence-corrected chi connectivity index (χ3v) is 1.67. The standard InChI is InChI=1S/C6H13O5P/c1-6(2,3)5(7)4-11-12(8,9)10/h4H2,1-3H3,(H2,8,9,10). The number of phosphoric acid groups is 1. The minimum atomic E-state index is -4.51. The second-order valence-electron chi connectivity index (χ2n) is 3.44. The van der Waals surface area contributed by atoms with Crippen LogP contribution in [0.3, 0.4) is 0 Å². The molecule has 72 valence electrons. The first kappa shape index (κ1) is 11.8. The zero-order valence-corrected chi connectivity index (χ0v) is 8.17. The molecule has 0 rings (SSSR count). The topological polar surface area (TPSA) is 83.8 Å². The van der Waals surface area contributed by atoms with Crippen LogP contribution < -0.4 is 0 Å². The van der Waals surface area contributed by atoms with Crippen molar-refractivity contribution >= 4 is 13.6 Å². The second-order valence-corrected chi connectivity index (χ2v) is 4.68. The van der Waals surface area contributed by atoms with Crippen LogP contribution in [0.4, 0.5) is 0 Å².